The number of hydrogen-bond acceptors (Lipinski definition) is 4. The molecule has 0 fully saturated rings. The van der Waals surface area contributed by atoms with Gasteiger partial charge in [0.05, 0.1) is 6.61 Å². The summed E-state index contributed by atoms with van der Waals surface area (Å²) in [6.45, 7) is 2.10. The second-order valence-corrected chi connectivity index (χ2v) is 2.40. The van der Waals surface area contributed by atoms with Crippen LogP contribution < -0.4 is 0 Å². The lowest BCUT2D eigenvalue weighted by Gasteiger charge is -1.97. The highest BCUT2D eigenvalue weighted by Gasteiger charge is 2.08. The summed E-state index contributed by atoms with van der Waals surface area (Å²) in [5.41, 5.74) is 0.957. The fourth-order valence-electron chi connectivity index (χ4n) is 0.930. The van der Waals surface area contributed by atoms with Gasteiger partial charge >= 0.3 is 5.97 Å². The Balaban J connectivity index is 2.67. The monoisotopic (exact) mass is 182 g/mol. The van der Waals surface area contributed by atoms with Crippen LogP contribution in [-0.2, 0) is 11.3 Å². The summed E-state index contributed by atoms with van der Waals surface area (Å²) in [5.74, 6) is -0.417. The topological polar surface area (TPSA) is 71.5 Å². The smallest absolute Gasteiger partial charge is 0.354 e. The summed E-state index contributed by atoms with van der Waals surface area (Å²) in [7, 11) is 0. The van der Waals surface area contributed by atoms with Gasteiger partial charge in [-0.25, -0.2) is 4.79 Å². The van der Waals surface area contributed by atoms with Gasteiger partial charge in [-0.3, -0.25) is 0 Å². The molecule has 5 nitrogen and oxygen atoms in total. The van der Waals surface area contributed by atoms with Gasteiger partial charge in [0.25, 0.3) is 0 Å². The number of H-pyrrole nitrogens is 1. The SMILES string of the molecule is CCOC(=O)c1ccc(CN=O)[nH]1. The average molecular weight is 182 g/mol. The summed E-state index contributed by atoms with van der Waals surface area (Å²) in [6, 6.07) is 3.20. The zero-order chi connectivity index (χ0) is 9.68. The lowest BCUT2D eigenvalue weighted by atomic mass is 10.4. The molecular formula is C8H10N2O3. The zero-order valence-corrected chi connectivity index (χ0v) is 7.24. The van der Waals surface area contributed by atoms with Crippen molar-refractivity contribution in [1.29, 1.82) is 0 Å². The number of rotatable bonds is 4. The fraction of sp³-hybridized carbons (Fsp3) is 0.375. The number of nitrogens with zero attached hydrogens (tertiary/aromatic N) is 1. The van der Waals surface area contributed by atoms with Crippen molar-refractivity contribution in [2.45, 2.75) is 13.5 Å². The van der Waals surface area contributed by atoms with Crippen LogP contribution >= 0.6 is 0 Å². The van der Waals surface area contributed by atoms with E-state index in [1.807, 2.05) is 0 Å². The van der Waals surface area contributed by atoms with Crippen molar-refractivity contribution in [2.75, 3.05) is 6.61 Å². The molecule has 0 aliphatic heterocycles. The first-order chi connectivity index (χ1) is 6.27. The Bertz CT molecular complexity index is 306. The van der Waals surface area contributed by atoms with Gasteiger partial charge in [0.15, 0.2) is 0 Å². The van der Waals surface area contributed by atoms with Gasteiger partial charge in [-0.1, -0.05) is 5.18 Å². The third-order valence-electron chi connectivity index (χ3n) is 1.48. The predicted molar refractivity (Wildman–Crippen MR) is 46.2 cm³/mol. The first-order valence-electron chi connectivity index (χ1n) is 3.92. The van der Waals surface area contributed by atoms with Crippen LogP contribution in [0.3, 0.4) is 0 Å². The molecule has 0 unspecified atom stereocenters. The van der Waals surface area contributed by atoms with Gasteiger partial charge in [0.1, 0.15) is 12.2 Å². The van der Waals surface area contributed by atoms with E-state index in [0.29, 0.717) is 18.0 Å². The number of hydrogen-bond donors (Lipinski definition) is 1. The molecule has 0 saturated carbocycles. The van der Waals surface area contributed by atoms with E-state index in [0.717, 1.165) is 0 Å². The van der Waals surface area contributed by atoms with Crippen molar-refractivity contribution in [1.82, 2.24) is 4.98 Å². The first-order valence-corrected chi connectivity index (χ1v) is 3.92. The third-order valence-corrected chi connectivity index (χ3v) is 1.48. The third kappa shape index (κ3) is 2.40. The minimum Gasteiger partial charge on any atom is -0.461 e. The molecule has 0 bridgehead atoms. The maximum Gasteiger partial charge on any atom is 0.354 e. The van der Waals surface area contributed by atoms with Crippen molar-refractivity contribution in [3.63, 3.8) is 0 Å². The molecule has 1 aromatic heterocycles. The molecule has 13 heavy (non-hydrogen) atoms. The molecule has 0 spiro atoms. The molecule has 0 aromatic carbocycles. The molecule has 0 radical (unpaired) electrons. The minimum absolute atomic E-state index is 0.0411. The van der Waals surface area contributed by atoms with Crippen molar-refractivity contribution >= 4 is 5.97 Å². The summed E-state index contributed by atoms with van der Waals surface area (Å²) in [6.07, 6.45) is 0. The van der Waals surface area contributed by atoms with E-state index in [-0.39, 0.29) is 6.54 Å². The number of aromatic nitrogens is 1. The van der Waals surface area contributed by atoms with Crippen LogP contribution in [0.1, 0.15) is 23.1 Å². The fourth-order valence-corrected chi connectivity index (χ4v) is 0.930. The average Bonchev–Trinajstić information content (AvgIpc) is 2.54. The van der Waals surface area contributed by atoms with Crippen LogP contribution in [-0.4, -0.2) is 17.6 Å². The van der Waals surface area contributed by atoms with Gasteiger partial charge in [-0.05, 0) is 19.1 Å². The predicted octanol–water partition coefficient (Wildman–Crippen LogP) is 1.46. The molecule has 1 aromatic rings. The summed E-state index contributed by atoms with van der Waals surface area (Å²) in [4.78, 5) is 23.7. The Labute approximate surface area is 75.1 Å². The number of ether oxygens (including phenoxy) is 1. The maximum atomic E-state index is 11.1. The van der Waals surface area contributed by atoms with Gasteiger partial charge in [-0.2, -0.15) is 4.91 Å². The van der Waals surface area contributed by atoms with E-state index in [1.54, 1.807) is 19.1 Å². The van der Waals surface area contributed by atoms with E-state index in [1.165, 1.54) is 0 Å². The normalized spacial score (nSPS) is 9.62. The number of nitrogens with one attached hydrogen (secondary N) is 1. The number of carbonyl (C=O) groups is 1. The highest BCUT2D eigenvalue weighted by molar-refractivity contribution is 5.87. The molecule has 0 atom stereocenters. The van der Waals surface area contributed by atoms with Crippen molar-refractivity contribution in [2.24, 2.45) is 5.18 Å². The molecule has 1 heterocycles. The molecule has 5 heteroatoms. The highest BCUT2D eigenvalue weighted by Crippen LogP contribution is 2.04. The second kappa shape index (κ2) is 4.39. The van der Waals surface area contributed by atoms with E-state index in [2.05, 4.69) is 10.2 Å². The van der Waals surface area contributed by atoms with Crippen LogP contribution in [0.5, 0.6) is 0 Å². The molecule has 0 amide bonds. The van der Waals surface area contributed by atoms with Crippen molar-refractivity contribution in [3.05, 3.63) is 28.4 Å². The number of esters is 1. The van der Waals surface area contributed by atoms with E-state index in [9.17, 15) is 9.70 Å². The molecule has 1 N–H and O–H groups in total. The largest absolute Gasteiger partial charge is 0.461 e. The van der Waals surface area contributed by atoms with Gasteiger partial charge < -0.3 is 9.72 Å². The molecule has 0 aliphatic rings. The van der Waals surface area contributed by atoms with Crippen LogP contribution in [0.4, 0.5) is 0 Å². The Morgan fingerprint density at radius 2 is 2.38 bits per heavy atom. The first kappa shape index (κ1) is 9.44. The Hall–Kier alpha value is -1.65. The van der Waals surface area contributed by atoms with Crippen LogP contribution in [0.2, 0.25) is 0 Å². The zero-order valence-electron chi connectivity index (χ0n) is 7.24. The summed E-state index contributed by atoms with van der Waals surface area (Å²) >= 11 is 0. The van der Waals surface area contributed by atoms with Crippen molar-refractivity contribution in [3.8, 4) is 0 Å². The lowest BCUT2D eigenvalue weighted by Crippen LogP contribution is -2.04. The maximum absolute atomic E-state index is 11.1. The minimum atomic E-state index is -0.417. The van der Waals surface area contributed by atoms with E-state index >= 15 is 0 Å². The molecule has 70 valence electrons. The van der Waals surface area contributed by atoms with Crippen LogP contribution in [0.15, 0.2) is 17.3 Å². The number of nitroso groups, excluding NO2 is 1. The second-order valence-electron chi connectivity index (χ2n) is 2.40. The van der Waals surface area contributed by atoms with Gasteiger partial charge in [-0.15, -0.1) is 0 Å². The lowest BCUT2D eigenvalue weighted by molar-refractivity contribution is 0.0520. The molecule has 0 aliphatic carbocycles. The Morgan fingerprint density at radius 1 is 1.62 bits per heavy atom. The summed E-state index contributed by atoms with van der Waals surface area (Å²) in [5, 5.41) is 2.69. The Kier molecular flexibility index (Phi) is 3.19. The van der Waals surface area contributed by atoms with Gasteiger partial charge in [0.2, 0.25) is 0 Å². The number of aromatic amines is 1. The summed E-state index contributed by atoms with van der Waals surface area (Å²) < 4.78 is 4.74. The highest BCUT2D eigenvalue weighted by atomic mass is 16.5. The Morgan fingerprint density at radius 3 is 3.00 bits per heavy atom. The van der Waals surface area contributed by atoms with E-state index in [4.69, 9.17) is 4.74 Å². The van der Waals surface area contributed by atoms with E-state index < -0.39 is 5.97 Å². The molecular weight excluding hydrogens is 172 g/mol. The van der Waals surface area contributed by atoms with Crippen LogP contribution in [0, 0.1) is 4.91 Å². The van der Waals surface area contributed by atoms with Crippen LogP contribution in [0.25, 0.3) is 0 Å². The quantitative estimate of drug-likeness (QED) is 0.566. The standard InChI is InChI=1S/C8H10N2O3/c1-2-13-8(11)7-4-3-6(10-7)5-9-12/h3-4,10H,2,5H2,1H3. The molecule has 0 saturated heterocycles. The molecule has 1 rings (SSSR count). The number of carbonyl (C=O) groups excluding carboxylic acids is 1. The van der Waals surface area contributed by atoms with Crippen molar-refractivity contribution < 1.29 is 9.53 Å². The van der Waals surface area contributed by atoms with Gasteiger partial charge in [0, 0.05) is 5.69 Å².